The van der Waals surface area contributed by atoms with Crippen LogP contribution in [0.25, 0.3) is 0 Å². The van der Waals surface area contributed by atoms with Crippen LogP contribution < -0.4 is 11.1 Å². The summed E-state index contributed by atoms with van der Waals surface area (Å²) in [6.07, 6.45) is 7.23. The molecule has 1 aromatic heterocycles. The summed E-state index contributed by atoms with van der Waals surface area (Å²) in [4.78, 5) is 6.66. The fourth-order valence-electron chi connectivity index (χ4n) is 2.44. The van der Waals surface area contributed by atoms with Crippen molar-refractivity contribution in [3.05, 3.63) is 18.3 Å². The maximum Gasteiger partial charge on any atom is 0.149 e. The summed E-state index contributed by atoms with van der Waals surface area (Å²) in [6.45, 7) is 1.94. The number of hydrogen-bond donors (Lipinski definition) is 2. The first-order valence-corrected chi connectivity index (χ1v) is 6.42. The molecule has 1 aliphatic carbocycles. The van der Waals surface area contributed by atoms with Gasteiger partial charge in [-0.15, -0.1) is 0 Å². The molecule has 4 heteroatoms. The Bertz CT molecular complexity index is 347. The first-order valence-electron chi connectivity index (χ1n) is 6.42. The summed E-state index contributed by atoms with van der Waals surface area (Å²) in [5, 5.41) is 3.29. The van der Waals surface area contributed by atoms with Crippen molar-refractivity contribution < 1.29 is 0 Å². The van der Waals surface area contributed by atoms with E-state index < -0.39 is 0 Å². The number of nitrogens with zero attached hydrogens (tertiary/aromatic N) is 2. The summed E-state index contributed by atoms with van der Waals surface area (Å²) in [6, 6.07) is 4.50. The van der Waals surface area contributed by atoms with Gasteiger partial charge in [0.1, 0.15) is 5.82 Å². The predicted octanol–water partition coefficient (Wildman–Crippen LogP) is 1.95. The molecule has 0 bridgehead atoms. The molecule has 0 amide bonds. The monoisotopic (exact) mass is 234 g/mol. The number of anilines is 2. The van der Waals surface area contributed by atoms with Gasteiger partial charge in [0.2, 0.25) is 0 Å². The molecule has 0 saturated heterocycles. The van der Waals surface area contributed by atoms with Crippen LogP contribution in [0.4, 0.5) is 11.5 Å². The van der Waals surface area contributed by atoms with E-state index in [9.17, 15) is 0 Å². The molecule has 3 N–H and O–H groups in total. The fraction of sp³-hybridized carbons (Fsp3) is 0.615. The van der Waals surface area contributed by atoms with E-state index in [1.54, 1.807) is 6.20 Å². The Morgan fingerprint density at radius 1 is 1.47 bits per heavy atom. The largest absolute Gasteiger partial charge is 0.396 e. The second kappa shape index (κ2) is 5.87. The molecular formula is C13H22N4. The molecule has 1 heterocycles. The molecule has 0 unspecified atom stereocenters. The van der Waals surface area contributed by atoms with E-state index in [4.69, 9.17) is 5.73 Å². The number of hydrogen-bond acceptors (Lipinski definition) is 4. The second-order valence-corrected chi connectivity index (χ2v) is 4.79. The molecule has 1 fully saturated rings. The molecule has 1 aliphatic rings. The van der Waals surface area contributed by atoms with E-state index in [1.807, 2.05) is 12.1 Å². The molecule has 1 aromatic rings. The minimum atomic E-state index is 0.719. The second-order valence-electron chi connectivity index (χ2n) is 4.79. The van der Waals surface area contributed by atoms with Crippen molar-refractivity contribution in [2.24, 2.45) is 0 Å². The highest BCUT2D eigenvalue weighted by Crippen LogP contribution is 2.22. The van der Waals surface area contributed by atoms with E-state index in [1.165, 1.54) is 25.7 Å². The Balaban J connectivity index is 1.74. The van der Waals surface area contributed by atoms with Crippen molar-refractivity contribution in [2.75, 3.05) is 31.2 Å². The van der Waals surface area contributed by atoms with E-state index in [2.05, 4.69) is 22.2 Å². The fourth-order valence-corrected chi connectivity index (χ4v) is 2.44. The Labute approximate surface area is 103 Å². The Hall–Kier alpha value is -1.29. The highest BCUT2D eigenvalue weighted by molar-refractivity contribution is 5.60. The smallest absolute Gasteiger partial charge is 0.149 e. The number of aromatic nitrogens is 1. The average molecular weight is 234 g/mol. The number of nitrogens with one attached hydrogen (secondary N) is 1. The van der Waals surface area contributed by atoms with Crippen molar-refractivity contribution in [3.8, 4) is 0 Å². The van der Waals surface area contributed by atoms with Crippen LogP contribution in [-0.4, -0.2) is 36.1 Å². The van der Waals surface area contributed by atoms with Crippen LogP contribution in [0.1, 0.15) is 25.7 Å². The van der Waals surface area contributed by atoms with Crippen molar-refractivity contribution in [1.29, 1.82) is 0 Å². The molecule has 0 spiro atoms. The number of nitrogens with two attached hydrogens (primary N) is 1. The van der Waals surface area contributed by atoms with Crippen LogP contribution in [0.5, 0.6) is 0 Å². The van der Waals surface area contributed by atoms with E-state index >= 15 is 0 Å². The summed E-state index contributed by atoms with van der Waals surface area (Å²) < 4.78 is 0. The SMILES string of the molecule is CN(CCNc1ncccc1N)C1CCCC1. The first-order chi connectivity index (χ1) is 8.27. The number of pyridine rings is 1. The zero-order valence-corrected chi connectivity index (χ0v) is 10.5. The minimum absolute atomic E-state index is 0.719. The van der Waals surface area contributed by atoms with Gasteiger partial charge in [-0.1, -0.05) is 12.8 Å². The average Bonchev–Trinajstić information content (AvgIpc) is 2.85. The maximum absolute atomic E-state index is 5.82. The zero-order valence-electron chi connectivity index (χ0n) is 10.5. The van der Waals surface area contributed by atoms with Crippen LogP contribution in [0.15, 0.2) is 18.3 Å². The van der Waals surface area contributed by atoms with Crippen molar-refractivity contribution in [3.63, 3.8) is 0 Å². The van der Waals surface area contributed by atoms with Gasteiger partial charge in [0.05, 0.1) is 5.69 Å². The van der Waals surface area contributed by atoms with Gasteiger partial charge in [0.15, 0.2) is 0 Å². The van der Waals surface area contributed by atoms with Crippen molar-refractivity contribution in [2.45, 2.75) is 31.7 Å². The van der Waals surface area contributed by atoms with Gasteiger partial charge in [-0.25, -0.2) is 4.98 Å². The van der Waals surface area contributed by atoms with E-state index in [0.29, 0.717) is 0 Å². The molecule has 17 heavy (non-hydrogen) atoms. The lowest BCUT2D eigenvalue weighted by Crippen LogP contribution is -2.33. The van der Waals surface area contributed by atoms with Crippen LogP contribution >= 0.6 is 0 Å². The highest BCUT2D eigenvalue weighted by atomic mass is 15.2. The normalized spacial score (nSPS) is 16.6. The van der Waals surface area contributed by atoms with Crippen LogP contribution in [0, 0.1) is 0 Å². The summed E-state index contributed by atoms with van der Waals surface area (Å²) >= 11 is 0. The zero-order chi connectivity index (χ0) is 12.1. The number of nitrogen functional groups attached to an aromatic ring is 1. The third-order valence-electron chi connectivity index (χ3n) is 3.54. The molecule has 2 rings (SSSR count). The lowest BCUT2D eigenvalue weighted by molar-refractivity contribution is 0.254. The first kappa shape index (κ1) is 12.2. The van der Waals surface area contributed by atoms with Gasteiger partial charge in [-0.05, 0) is 32.0 Å². The van der Waals surface area contributed by atoms with Gasteiger partial charge < -0.3 is 16.0 Å². The van der Waals surface area contributed by atoms with Crippen molar-refractivity contribution >= 4 is 11.5 Å². The Morgan fingerprint density at radius 2 is 2.24 bits per heavy atom. The highest BCUT2D eigenvalue weighted by Gasteiger charge is 2.18. The predicted molar refractivity (Wildman–Crippen MR) is 72.0 cm³/mol. The number of rotatable bonds is 5. The minimum Gasteiger partial charge on any atom is -0.396 e. The summed E-state index contributed by atoms with van der Waals surface area (Å²) in [5.41, 5.74) is 6.54. The van der Waals surface area contributed by atoms with Gasteiger partial charge >= 0.3 is 0 Å². The Kier molecular flexibility index (Phi) is 4.20. The third kappa shape index (κ3) is 3.33. The molecule has 94 valence electrons. The maximum atomic E-state index is 5.82. The van der Waals surface area contributed by atoms with Gasteiger partial charge in [0.25, 0.3) is 0 Å². The lowest BCUT2D eigenvalue weighted by Gasteiger charge is -2.24. The molecule has 0 aromatic carbocycles. The molecule has 1 saturated carbocycles. The molecular weight excluding hydrogens is 212 g/mol. The lowest BCUT2D eigenvalue weighted by atomic mass is 10.2. The molecule has 4 nitrogen and oxygen atoms in total. The summed E-state index contributed by atoms with van der Waals surface area (Å²) in [7, 11) is 2.21. The van der Waals surface area contributed by atoms with Gasteiger partial charge in [0, 0.05) is 25.3 Å². The van der Waals surface area contributed by atoms with Gasteiger partial charge in [-0.3, -0.25) is 0 Å². The van der Waals surface area contributed by atoms with E-state index in [0.717, 1.165) is 30.6 Å². The molecule has 0 aliphatic heterocycles. The van der Waals surface area contributed by atoms with Crippen LogP contribution in [0.3, 0.4) is 0 Å². The topological polar surface area (TPSA) is 54.2 Å². The quantitative estimate of drug-likeness (QED) is 0.817. The third-order valence-corrected chi connectivity index (χ3v) is 3.54. The number of likely N-dealkylation sites (N-methyl/N-ethyl adjacent to an activating group) is 1. The van der Waals surface area contributed by atoms with Crippen LogP contribution in [0.2, 0.25) is 0 Å². The van der Waals surface area contributed by atoms with Crippen molar-refractivity contribution in [1.82, 2.24) is 9.88 Å². The summed E-state index contributed by atoms with van der Waals surface area (Å²) in [5.74, 6) is 0.798. The standard InChI is InChI=1S/C13H22N4/c1-17(11-5-2-3-6-11)10-9-16-13-12(14)7-4-8-15-13/h4,7-8,11H,2-3,5-6,9-10,14H2,1H3,(H,15,16). The molecule has 0 radical (unpaired) electrons. The van der Waals surface area contributed by atoms with Gasteiger partial charge in [-0.2, -0.15) is 0 Å². The molecule has 0 atom stereocenters. The van der Waals surface area contributed by atoms with Crippen LogP contribution in [-0.2, 0) is 0 Å². The Morgan fingerprint density at radius 3 is 2.94 bits per heavy atom. The van der Waals surface area contributed by atoms with E-state index in [-0.39, 0.29) is 0 Å².